The third-order valence-electron chi connectivity index (χ3n) is 9.93. The fourth-order valence-corrected chi connectivity index (χ4v) is 7.38. The molecule has 240 valence electrons. The van der Waals surface area contributed by atoms with Crippen LogP contribution in [0.15, 0.2) is 190 Å². The number of para-hydroxylation sites is 1. The molecule has 0 saturated carbocycles. The molecule has 1 N–H and O–H groups in total. The van der Waals surface area contributed by atoms with Crippen LogP contribution in [0, 0.1) is 0 Å². The zero-order chi connectivity index (χ0) is 33.7. The van der Waals surface area contributed by atoms with Crippen molar-refractivity contribution >= 4 is 55.2 Å². The fourth-order valence-electron chi connectivity index (χ4n) is 7.38. The maximum atomic E-state index is 6.44. The van der Waals surface area contributed by atoms with Crippen LogP contribution < -0.4 is 5.32 Å². The summed E-state index contributed by atoms with van der Waals surface area (Å²) in [4.78, 5) is 10.8. The molecule has 1 unspecified atom stereocenters. The normalized spacial score (nSPS) is 14.5. The Labute approximate surface area is 295 Å². The number of benzene rings is 8. The van der Waals surface area contributed by atoms with Crippen molar-refractivity contribution in [1.29, 1.82) is 0 Å². The zero-order valence-electron chi connectivity index (χ0n) is 27.6. The first-order chi connectivity index (χ1) is 25.2. The monoisotopic (exact) mass is 653 g/mol. The highest BCUT2D eigenvalue weighted by atomic mass is 16.3. The number of nitrogens with one attached hydrogen (secondary N) is 1. The summed E-state index contributed by atoms with van der Waals surface area (Å²) in [5.41, 5.74) is 9.21. The summed E-state index contributed by atoms with van der Waals surface area (Å²) in [5.74, 6) is 1.55. The summed E-state index contributed by atoms with van der Waals surface area (Å²) >= 11 is 0. The minimum Gasteiger partial charge on any atom is -0.456 e. The average molecular weight is 654 g/mol. The van der Waals surface area contributed by atoms with E-state index in [0.29, 0.717) is 0 Å². The van der Waals surface area contributed by atoms with E-state index in [2.05, 4.69) is 151 Å². The van der Waals surface area contributed by atoms with Gasteiger partial charge in [0.25, 0.3) is 0 Å². The van der Waals surface area contributed by atoms with E-state index in [1.165, 1.54) is 27.1 Å². The summed E-state index contributed by atoms with van der Waals surface area (Å²) in [6, 6.07) is 61.7. The Bertz CT molecular complexity index is 2830. The van der Waals surface area contributed by atoms with Gasteiger partial charge < -0.3 is 9.73 Å². The van der Waals surface area contributed by atoms with Gasteiger partial charge in [0.2, 0.25) is 0 Å². The quantitative estimate of drug-likeness (QED) is 0.201. The largest absolute Gasteiger partial charge is 0.456 e. The van der Waals surface area contributed by atoms with Crippen LogP contribution in [0.25, 0.3) is 65.7 Å². The Kier molecular flexibility index (Phi) is 6.85. The molecular weight excluding hydrogens is 623 g/mol. The second kappa shape index (κ2) is 12.0. The van der Waals surface area contributed by atoms with Gasteiger partial charge in [-0.2, -0.15) is 0 Å². The topological polar surface area (TPSA) is 49.9 Å². The van der Waals surface area contributed by atoms with Crippen molar-refractivity contribution in [3.05, 3.63) is 193 Å². The molecule has 1 atom stereocenters. The van der Waals surface area contributed by atoms with Crippen LogP contribution in [0.1, 0.15) is 22.9 Å². The van der Waals surface area contributed by atoms with Crippen molar-refractivity contribution in [3.8, 4) is 22.3 Å². The summed E-state index contributed by atoms with van der Waals surface area (Å²) in [6.07, 6.45) is -0.539. The number of hydrogen-bond acceptors (Lipinski definition) is 4. The van der Waals surface area contributed by atoms with Gasteiger partial charge in [-0.1, -0.05) is 152 Å². The number of furan rings is 1. The highest BCUT2D eigenvalue weighted by Gasteiger charge is 2.27. The lowest BCUT2D eigenvalue weighted by atomic mass is 9.92. The molecule has 1 aromatic heterocycles. The molecule has 0 spiro atoms. The Morgan fingerprint density at radius 2 is 0.961 bits per heavy atom. The summed E-state index contributed by atoms with van der Waals surface area (Å²) in [7, 11) is 0. The van der Waals surface area contributed by atoms with Gasteiger partial charge in [0, 0.05) is 27.5 Å². The summed E-state index contributed by atoms with van der Waals surface area (Å²) in [6.45, 7) is 0. The minimum atomic E-state index is -0.539. The van der Waals surface area contributed by atoms with Crippen molar-refractivity contribution in [1.82, 2.24) is 5.32 Å². The standard InChI is InChI=1S/C47H31N3O/c1-2-12-33(13-3-1)45-48-46(34-22-18-32(19-23-34)37-24-20-30-10-4-6-14-35(30)28-37)50-47(49-45)44-39(38-25-21-31-11-5-7-15-36(31)29-38)26-27-42-43(44)40-16-8-9-17-41(40)51-42/h1-29,47H,(H,48,49,50). The minimum absolute atomic E-state index is 0.539. The molecule has 0 aliphatic carbocycles. The number of rotatable bonds is 5. The average Bonchev–Trinajstić information content (AvgIpc) is 3.59. The van der Waals surface area contributed by atoms with Gasteiger partial charge in [-0.15, -0.1) is 0 Å². The van der Waals surface area contributed by atoms with Gasteiger partial charge in [-0.05, 0) is 68.1 Å². The van der Waals surface area contributed by atoms with E-state index in [1.54, 1.807) is 0 Å². The van der Waals surface area contributed by atoms with E-state index in [9.17, 15) is 0 Å². The maximum absolute atomic E-state index is 6.44. The van der Waals surface area contributed by atoms with E-state index in [-0.39, 0.29) is 0 Å². The molecule has 1 aliphatic rings. The number of fused-ring (bicyclic) bond motifs is 5. The first kappa shape index (κ1) is 29.2. The van der Waals surface area contributed by atoms with E-state index in [1.807, 2.05) is 30.3 Å². The van der Waals surface area contributed by atoms with Gasteiger partial charge >= 0.3 is 0 Å². The van der Waals surface area contributed by atoms with Crippen molar-refractivity contribution in [3.63, 3.8) is 0 Å². The first-order valence-corrected chi connectivity index (χ1v) is 17.3. The maximum Gasteiger partial charge on any atom is 0.171 e. The molecular formula is C47H31N3O. The van der Waals surface area contributed by atoms with Crippen molar-refractivity contribution < 1.29 is 4.42 Å². The Balaban J connectivity index is 1.16. The van der Waals surface area contributed by atoms with E-state index in [4.69, 9.17) is 14.4 Å². The molecule has 4 nitrogen and oxygen atoms in total. The second-order valence-electron chi connectivity index (χ2n) is 13.0. The smallest absolute Gasteiger partial charge is 0.171 e. The molecule has 0 amide bonds. The van der Waals surface area contributed by atoms with Crippen molar-refractivity contribution in [2.24, 2.45) is 9.98 Å². The lowest BCUT2D eigenvalue weighted by Gasteiger charge is -2.24. The third-order valence-corrected chi connectivity index (χ3v) is 9.93. The number of nitrogens with zero attached hydrogens (tertiary/aromatic N) is 2. The molecule has 0 fully saturated rings. The van der Waals surface area contributed by atoms with Crippen LogP contribution in [0.5, 0.6) is 0 Å². The van der Waals surface area contributed by atoms with Crippen LogP contribution in [0.2, 0.25) is 0 Å². The summed E-state index contributed by atoms with van der Waals surface area (Å²) < 4.78 is 6.44. The van der Waals surface area contributed by atoms with Crippen molar-refractivity contribution in [2.75, 3.05) is 0 Å². The molecule has 0 bridgehead atoms. The Morgan fingerprint density at radius 3 is 1.69 bits per heavy atom. The molecule has 0 saturated heterocycles. The predicted molar refractivity (Wildman–Crippen MR) is 211 cm³/mol. The lowest BCUT2D eigenvalue weighted by Crippen LogP contribution is -2.36. The Hall–Kier alpha value is -6.78. The van der Waals surface area contributed by atoms with Gasteiger partial charge in [-0.3, -0.25) is 0 Å². The number of hydrogen-bond donors (Lipinski definition) is 1. The molecule has 0 radical (unpaired) electrons. The highest BCUT2D eigenvalue weighted by Crippen LogP contribution is 2.43. The second-order valence-corrected chi connectivity index (χ2v) is 13.0. The van der Waals surface area contributed by atoms with Crippen LogP contribution in [0.4, 0.5) is 0 Å². The molecule has 8 aromatic carbocycles. The fraction of sp³-hybridized carbons (Fsp3) is 0.0213. The van der Waals surface area contributed by atoms with Crippen LogP contribution in [-0.4, -0.2) is 11.7 Å². The Morgan fingerprint density at radius 1 is 0.412 bits per heavy atom. The van der Waals surface area contributed by atoms with Crippen LogP contribution >= 0.6 is 0 Å². The first-order valence-electron chi connectivity index (χ1n) is 17.3. The number of aliphatic imine (C=N–C) groups is 2. The van der Waals surface area contributed by atoms with Gasteiger partial charge in [-0.25, -0.2) is 9.98 Å². The predicted octanol–water partition coefficient (Wildman–Crippen LogP) is 11.7. The van der Waals surface area contributed by atoms with Gasteiger partial charge in [0.15, 0.2) is 6.17 Å². The molecule has 4 heteroatoms. The van der Waals surface area contributed by atoms with Gasteiger partial charge in [0.1, 0.15) is 22.8 Å². The highest BCUT2D eigenvalue weighted by molar-refractivity contribution is 6.17. The molecule has 51 heavy (non-hydrogen) atoms. The summed E-state index contributed by atoms with van der Waals surface area (Å²) in [5, 5.41) is 10.6. The molecule has 1 aliphatic heterocycles. The lowest BCUT2D eigenvalue weighted by molar-refractivity contribution is 0.667. The van der Waals surface area contributed by atoms with Crippen LogP contribution in [-0.2, 0) is 0 Å². The van der Waals surface area contributed by atoms with E-state index in [0.717, 1.165) is 67.0 Å². The third kappa shape index (κ3) is 5.17. The zero-order valence-corrected chi connectivity index (χ0v) is 27.6. The SMILES string of the molecule is c1ccc(C2=NC(c3c(-c4ccc5ccccc5c4)ccc4oc5ccccc5c34)N=C(c3ccc(-c4ccc5ccccc5c4)cc3)N2)cc1. The van der Waals surface area contributed by atoms with Gasteiger partial charge in [0.05, 0.1) is 0 Å². The molecule has 2 heterocycles. The van der Waals surface area contributed by atoms with E-state index >= 15 is 0 Å². The van der Waals surface area contributed by atoms with E-state index < -0.39 is 6.17 Å². The van der Waals surface area contributed by atoms with Crippen LogP contribution in [0.3, 0.4) is 0 Å². The number of amidine groups is 2. The molecule has 10 rings (SSSR count). The van der Waals surface area contributed by atoms with Crippen molar-refractivity contribution in [2.45, 2.75) is 6.17 Å². The molecule has 9 aromatic rings.